The minimum absolute atomic E-state index is 0.309. The van der Waals surface area contributed by atoms with Crippen LogP contribution in [0.5, 0.6) is 0 Å². The summed E-state index contributed by atoms with van der Waals surface area (Å²) in [6.45, 7) is 0.482. The van der Waals surface area contributed by atoms with Crippen LogP contribution in [-0.4, -0.2) is 22.3 Å². The first-order valence-corrected chi connectivity index (χ1v) is 9.94. The highest BCUT2D eigenvalue weighted by atomic mass is 19.1. The fraction of sp³-hybridized carbons (Fsp3) is 0.115. The Labute approximate surface area is 174 Å². The molecule has 0 spiro atoms. The van der Waals surface area contributed by atoms with Crippen LogP contribution in [0.1, 0.15) is 28.4 Å². The molecule has 0 radical (unpaired) electrons. The van der Waals surface area contributed by atoms with Gasteiger partial charge in [0.05, 0.1) is 0 Å². The van der Waals surface area contributed by atoms with Crippen molar-refractivity contribution in [2.75, 3.05) is 6.54 Å². The Morgan fingerprint density at radius 1 is 0.967 bits per heavy atom. The summed E-state index contributed by atoms with van der Waals surface area (Å²) < 4.78 is 14.8. The zero-order chi connectivity index (χ0) is 20.5. The average Bonchev–Trinajstić information content (AvgIpc) is 3.17. The number of nitrogens with zero attached hydrogens (tertiary/aromatic N) is 1. The van der Waals surface area contributed by atoms with Crippen molar-refractivity contribution in [1.82, 2.24) is 9.88 Å². The van der Waals surface area contributed by atoms with Gasteiger partial charge in [0, 0.05) is 40.2 Å². The Balaban J connectivity index is 1.61. The molecule has 3 aromatic carbocycles. The van der Waals surface area contributed by atoms with Crippen LogP contribution in [0.2, 0.25) is 0 Å². The van der Waals surface area contributed by atoms with Crippen LogP contribution in [0.3, 0.4) is 0 Å². The summed E-state index contributed by atoms with van der Waals surface area (Å²) in [7, 11) is 0. The van der Waals surface area contributed by atoms with Crippen LogP contribution in [0.15, 0.2) is 78.9 Å². The molecule has 1 aliphatic rings. The molecular weight excluding hydrogens is 375 g/mol. The van der Waals surface area contributed by atoms with E-state index in [1.165, 1.54) is 6.07 Å². The number of halogens is 1. The van der Waals surface area contributed by atoms with E-state index >= 15 is 0 Å². The van der Waals surface area contributed by atoms with Gasteiger partial charge in [-0.1, -0.05) is 60.5 Å². The van der Waals surface area contributed by atoms with Gasteiger partial charge in [-0.2, -0.15) is 0 Å². The second-order valence-electron chi connectivity index (χ2n) is 7.35. The SMILES string of the molecule is O=C(C#Cc1ccccc1)N1CCc2c([nH]c3ccccc23)C1c1ccccc1F. The van der Waals surface area contributed by atoms with E-state index < -0.39 is 6.04 Å². The molecule has 0 saturated carbocycles. The summed E-state index contributed by atoms with van der Waals surface area (Å²) in [4.78, 5) is 18.2. The molecule has 146 valence electrons. The quantitative estimate of drug-likeness (QED) is 0.461. The van der Waals surface area contributed by atoms with Gasteiger partial charge >= 0.3 is 0 Å². The second kappa shape index (κ2) is 7.53. The first-order chi connectivity index (χ1) is 14.7. The lowest BCUT2D eigenvalue weighted by Crippen LogP contribution is -2.40. The highest BCUT2D eigenvalue weighted by Gasteiger charge is 2.35. The number of rotatable bonds is 1. The second-order valence-corrected chi connectivity index (χ2v) is 7.35. The van der Waals surface area contributed by atoms with E-state index in [4.69, 9.17) is 0 Å². The number of aromatic nitrogens is 1. The summed E-state index contributed by atoms with van der Waals surface area (Å²) in [6, 6.07) is 23.5. The number of benzene rings is 3. The van der Waals surface area contributed by atoms with Gasteiger partial charge in [0.15, 0.2) is 0 Å². The minimum Gasteiger partial charge on any atom is -0.356 e. The zero-order valence-corrected chi connectivity index (χ0v) is 16.2. The number of carbonyl (C=O) groups is 1. The highest BCUT2D eigenvalue weighted by molar-refractivity contribution is 5.95. The largest absolute Gasteiger partial charge is 0.356 e. The minimum atomic E-state index is -0.542. The Bertz CT molecular complexity index is 1300. The van der Waals surface area contributed by atoms with Crippen molar-refractivity contribution in [2.24, 2.45) is 0 Å². The molecule has 4 heteroatoms. The molecule has 1 aliphatic heterocycles. The Hall–Kier alpha value is -3.84. The van der Waals surface area contributed by atoms with E-state index in [0.29, 0.717) is 18.5 Å². The Kier molecular flexibility index (Phi) is 4.57. The van der Waals surface area contributed by atoms with E-state index in [-0.39, 0.29) is 11.7 Å². The number of hydrogen-bond acceptors (Lipinski definition) is 1. The number of nitrogens with one attached hydrogen (secondary N) is 1. The summed E-state index contributed by atoms with van der Waals surface area (Å²) >= 11 is 0. The zero-order valence-electron chi connectivity index (χ0n) is 16.2. The normalized spacial score (nSPS) is 15.4. The van der Waals surface area contributed by atoms with Gasteiger partial charge in [0.2, 0.25) is 0 Å². The van der Waals surface area contributed by atoms with Crippen molar-refractivity contribution in [3.05, 3.63) is 107 Å². The molecular formula is C26H19FN2O. The summed E-state index contributed by atoms with van der Waals surface area (Å²) in [5, 5.41) is 1.12. The van der Waals surface area contributed by atoms with Crippen LogP contribution >= 0.6 is 0 Å². The summed E-state index contributed by atoms with van der Waals surface area (Å²) in [6.07, 6.45) is 0.697. The topological polar surface area (TPSA) is 36.1 Å². The summed E-state index contributed by atoms with van der Waals surface area (Å²) in [5.74, 6) is 5.05. The lowest BCUT2D eigenvalue weighted by atomic mass is 9.92. The first kappa shape index (κ1) is 18.2. The molecule has 4 aromatic rings. The molecule has 0 fully saturated rings. The maximum absolute atomic E-state index is 14.8. The van der Waals surface area contributed by atoms with Crippen LogP contribution < -0.4 is 0 Å². The van der Waals surface area contributed by atoms with Crippen molar-refractivity contribution >= 4 is 16.8 Å². The number of aromatic amines is 1. The molecule has 1 aromatic heterocycles. The molecule has 0 bridgehead atoms. The van der Waals surface area contributed by atoms with Gasteiger partial charge in [0.25, 0.3) is 5.91 Å². The lowest BCUT2D eigenvalue weighted by molar-refractivity contribution is -0.127. The lowest BCUT2D eigenvalue weighted by Gasteiger charge is -2.35. The third kappa shape index (κ3) is 3.15. The maximum atomic E-state index is 14.8. The Morgan fingerprint density at radius 3 is 2.53 bits per heavy atom. The molecule has 0 saturated heterocycles. The number of H-pyrrole nitrogens is 1. The van der Waals surface area contributed by atoms with Crippen LogP contribution in [0.4, 0.5) is 4.39 Å². The third-order valence-electron chi connectivity index (χ3n) is 5.58. The predicted octanol–water partition coefficient (Wildman–Crippen LogP) is 4.83. The van der Waals surface area contributed by atoms with Crippen molar-refractivity contribution in [2.45, 2.75) is 12.5 Å². The predicted molar refractivity (Wildman–Crippen MR) is 115 cm³/mol. The van der Waals surface area contributed by atoms with E-state index in [2.05, 4.69) is 22.9 Å². The van der Waals surface area contributed by atoms with E-state index in [0.717, 1.165) is 27.7 Å². The monoisotopic (exact) mass is 394 g/mol. The molecule has 0 aliphatic carbocycles. The van der Waals surface area contributed by atoms with E-state index in [1.54, 1.807) is 23.1 Å². The van der Waals surface area contributed by atoms with Gasteiger partial charge in [0.1, 0.15) is 11.9 Å². The van der Waals surface area contributed by atoms with Gasteiger partial charge in [-0.05, 0) is 36.2 Å². The van der Waals surface area contributed by atoms with Crippen molar-refractivity contribution in [3.8, 4) is 11.8 Å². The number of fused-ring (bicyclic) bond motifs is 3. The third-order valence-corrected chi connectivity index (χ3v) is 5.58. The van der Waals surface area contributed by atoms with E-state index in [1.807, 2.05) is 48.5 Å². The van der Waals surface area contributed by atoms with Gasteiger partial charge in [-0.3, -0.25) is 4.79 Å². The molecule has 30 heavy (non-hydrogen) atoms. The van der Waals surface area contributed by atoms with Gasteiger partial charge < -0.3 is 9.88 Å². The molecule has 5 rings (SSSR count). The maximum Gasteiger partial charge on any atom is 0.299 e. The number of para-hydroxylation sites is 1. The number of hydrogen-bond donors (Lipinski definition) is 1. The average molecular weight is 394 g/mol. The van der Waals surface area contributed by atoms with Gasteiger partial charge in [-0.25, -0.2) is 4.39 Å². The van der Waals surface area contributed by atoms with Crippen LogP contribution in [-0.2, 0) is 11.2 Å². The van der Waals surface area contributed by atoms with Crippen LogP contribution in [0, 0.1) is 17.7 Å². The fourth-order valence-electron chi connectivity index (χ4n) is 4.20. The fourth-order valence-corrected chi connectivity index (χ4v) is 4.20. The van der Waals surface area contributed by atoms with Crippen molar-refractivity contribution in [1.29, 1.82) is 0 Å². The van der Waals surface area contributed by atoms with Gasteiger partial charge in [-0.15, -0.1) is 0 Å². The Morgan fingerprint density at radius 2 is 1.70 bits per heavy atom. The van der Waals surface area contributed by atoms with E-state index in [9.17, 15) is 9.18 Å². The smallest absolute Gasteiger partial charge is 0.299 e. The first-order valence-electron chi connectivity index (χ1n) is 9.94. The number of amides is 1. The summed E-state index contributed by atoms with van der Waals surface area (Å²) in [5.41, 5.74) is 4.24. The highest BCUT2D eigenvalue weighted by Crippen LogP contribution is 2.39. The molecule has 1 atom stereocenters. The molecule has 3 nitrogen and oxygen atoms in total. The van der Waals surface area contributed by atoms with Crippen molar-refractivity contribution < 1.29 is 9.18 Å². The molecule has 2 heterocycles. The van der Waals surface area contributed by atoms with Crippen molar-refractivity contribution in [3.63, 3.8) is 0 Å². The standard InChI is InChI=1S/C26H19FN2O/c27-22-12-6-4-11-21(22)26-25-20(19-10-5-7-13-23(19)28-25)16-17-29(26)24(30)15-14-18-8-2-1-3-9-18/h1-13,26,28H,16-17H2. The molecule has 1 unspecified atom stereocenters. The van der Waals surface area contributed by atoms with Crippen LogP contribution in [0.25, 0.3) is 10.9 Å². The molecule has 1 N–H and O–H groups in total. The number of carbonyl (C=O) groups excluding carboxylic acids is 1. The molecule has 1 amide bonds.